The lowest BCUT2D eigenvalue weighted by molar-refractivity contribution is 0.420. The molecule has 0 saturated heterocycles. The summed E-state index contributed by atoms with van der Waals surface area (Å²) in [7, 11) is -1.67. The van der Waals surface area contributed by atoms with Crippen molar-refractivity contribution in [1.29, 1.82) is 0 Å². The van der Waals surface area contributed by atoms with E-state index in [1.807, 2.05) is 19.6 Å². The van der Waals surface area contributed by atoms with Gasteiger partial charge in [-0.25, -0.2) is 9.38 Å². The molecule has 0 amide bonds. The van der Waals surface area contributed by atoms with Gasteiger partial charge >= 0.3 is 0 Å². The van der Waals surface area contributed by atoms with Gasteiger partial charge in [-0.2, -0.15) is 0 Å². The van der Waals surface area contributed by atoms with Crippen LogP contribution < -0.4 is 0 Å². The summed E-state index contributed by atoms with van der Waals surface area (Å²) < 4.78 is 18.4. The standard InChI is InChI=1S/C10H18FNOSi/c1-8(2)10(11)7-12-9(3)13-14(4,5)6/h7H,3H2,1-2,4-6H3/b12-7+. The quantitative estimate of drug-likeness (QED) is 0.398. The first-order valence-electron chi connectivity index (χ1n) is 4.47. The number of rotatable bonds is 4. The maximum atomic E-state index is 13.0. The molecule has 0 heterocycles. The summed E-state index contributed by atoms with van der Waals surface area (Å²) >= 11 is 0. The smallest absolute Gasteiger partial charge is 0.244 e. The summed E-state index contributed by atoms with van der Waals surface area (Å²) in [6.07, 6.45) is 1.14. The summed E-state index contributed by atoms with van der Waals surface area (Å²) in [6, 6.07) is 0. The van der Waals surface area contributed by atoms with Crippen LogP contribution in [0.5, 0.6) is 0 Å². The fraction of sp³-hybridized carbons (Fsp3) is 0.500. The third kappa shape index (κ3) is 6.60. The highest BCUT2D eigenvalue weighted by Gasteiger charge is 2.16. The third-order valence-corrected chi connectivity index (χ3v) is 2.07. The van der Waals surface area contributed by atoms with Gasteiger partial charge in [0.2, 0.25) is 8.32 Å². The fourth-order valence-corrected chi connectivity index (χ4v) is 1.40. The molecule has 0 N–H and O–H groups in total. The molecular formula is C10H18FNOSi. The topological polar surface area (TPSA) is 21.6 Å². The van der Waals surface area contributed by atoms with Crippen LogP contribution in [0.25, 0.3) is 0 Å². The number of aliphatic imine (C=N–C) groups is 1. The van der Waals surface area contributed by atoms with E-state index in [4.69, 9.17) is 4.43 Å². The average molecular weight is 215 g/mol. The van der Waals surface area contributed by atoms with Crippen LogP contribution in [-0.4, -0.2) is 14.5 Å². The third-order valence-electron chi connectivity index (χ3n) is 1.22. The van der Waals surface area contributed by atoms with Crippen LogP contribution in [0, 0.1) is 0 Å². The molecule has 0 atom stereocenters. The van der Waals surface area contributed by atoms with Crippen LogP contribution in [-0.2, 0) is 4.43 Å². The summed E-state index contributed by atoms with van der Waals surface area (Å²) in [5.74, 6) is -0.0640. The van der Waals surface area contributed by atoms with Crippen molar-refractivity contribution in [3.8, 4) is 0 Å². The number of nitrogens with zero attached hydrogens (tertiary/aromatic N) is 1. The van der Waals surface area contributed by atoms with Gasteiger partial charge in [0.1, 0.15) is 5.83 Å². The van der Waals surface area contributed by atoms with Crippen molar-refractivity contribution in [2.24, 2.45) is 4.99 Å². The van der Waals surface area contributed by atoms with E-state index < -0.39 is 8.32 Å². The molecule has 0 aliphatic heterocycles. The second-order valence-electron chi connectivity index (χ2n) is 4.21. The van der Waals surface area contributed by atoms with Gasteiger partial charge in [0.25, 0.3) is 0 Å². The van der Waals surface area contributed by atoms with Crippen LogP contribution >= 0.6 is 0 Å². The second-order valence-corrected chi connectivity index (χ2v) is 8.64. The molecule has 4 heteroatoms. The highest BCUT2D eigenvalue weighted by molar-refractivity contribution is 6.70. The molecule has 0 radical (unpaired) electrons. The Kier molecular flexibility index (Phi) is 4.77. The van der Waals surface area contributed by atoms with Crippen LogP contribution in [0.4, 0.5) is 4.39 Å². The molecule has 0 aromatic carbocycles. The van der Waals surface area contributed by atoms with Gasteiger partial charge in [0, 0.05) is 0 Å². The van der Waals surface area contributed by atoms with Gasteiger partial charge in [0.15, 0.2) is 5.88 Å². The molecule has 0 unspecified atom stereocenters. The Morgan fingerprint density at radius 3 is 2.21 bits per heavy atom. The van der Waals surface area contributed by atoms with Crippen molar-refractivity contribution in [3.63, 3.8) is 0 Å². The van der Waals surface area contributed by atoms with Crippen LogP contribution in [0.2, 0.25) is 19.6 Å². The minimum absolute atomic E-state index is 0.278. The zero-order valence-electron chi connectivity index (χ0n) is 9.52. The van der Waals surface area contributed by atoms with Gasteiger partial charge in [0.05, 0.1) is 6.21 Å². The van der Waals surface area contributed by atoms with Gasteiger partial charge in [-0.15, -0.1) is 0 Å². The molecule has 0 spiro atoms. The molecule has 0 fully saturated rings. The Bertz CT molecular complexity index is 272. The van der Waals surface area contributed by atoms with Crippen LogP contribution in [0.3, 0.4) is 0 Å². The first-order valence-corrected chi connectivity index (χ1v) is 7.88. The Morgan fingerprint density at radius 1 is 1.36 bits per heavy atom. The lowest BCUT2D eigenvalue weighted by Crippen LogP contribution is -2.24. The molecule has 0 saturated carbocycles. The predicted octanol–water partition coefficient (Wildman–Crippen LogP) is 3.64. The van der Waals surface area contributed by atoms with Gasteiger partial charge in [-0.1, -0.05) is 0 Å². The van der Waals surface area contributed by atoms with Crippen LogP contribution in [0.15, 0.2) is 28.9 Å². The summed E-state index contributed by atoms with van der Waals surface area (Å²) in [6.45, 7) is 13.0. The maximum Gasteiger partial charge on any atom is 0.244 e. The molecule has 0 bridgehead atoms. The molecule has 80 valence electrons. The zero-order chi connectivity index (χ0) is 11.4. The summed E-state index contributed by atoms with van der Waals surface area (Å²) in [5.41, 5.74) is 0.592. The van der Waals surface area contributed by atoms with Crippen molar-refractivity contribution in [3.05, 3.63) is 23.9 Å². The minimum Gasteiger partial charge on any atom is -0.532 e. The van der Waals surface area contributed by atoms with E-state index in [2.05, 4.69) is 11.6 Å². The first-order chi connectivity index (χ1) is 6.22. The largest absolute Gasteiger partial charge is 0.532 e. The van der Waals surface area contributed by atoms with Crippen molar-refractivity contribution in [2.75, 3.05) is 0 Å². The zero-order valence-corrected chi connectivity index (χ0v) is 10.5. The van der Waals surface area contributed by atoms with E-state index in [0.717, 1.165) is 6.21 Å². The van der Waals surface area contributed by atoms with Gasteiger partial charge in [-0.3, -0.25) is 0 Å². The number of hydrogen-bond acceptors (Lipinski definition) is 2. The SMILES string of the molecule is C=C(/N=C/C(F)=C(C)C)O[Si](C)(C)C. The number of allylic oxidation sites excluding steroid dienone is 2. The van der Waals surface area contributed by atoms with Gasteiger partial charge < -0.3 is 4.43 Å². The molecule has 0 rings (SSSR count). The number of halogens is 1. The highest BCUT2D eigenvalue weighted by Crippen LogP contribution is 2.10. The molecule has 0 aromatic heterocycles. The Hall–Kier alpha value is -0.903. The average Bonchev–Trinajstić information content (AvgIpc) is 1.96. The van der Waals surface area contributed by atoms with Crippen molar-refractivity contribution in [2.45, 2.75) is 33.5 Å². The fourth-order valence-electron chi connectivity index (χ4n) is 0.638. The first kappa shape index (κ1) is 13.1. The molecule has 0 aliphatic carbocycles. The normalized spacial score (nSPS) is 11.6. The van der Waals surface area contributed by atoms with E-state index in [0.29, 0.717) is 5.57 Å². The maximum absolute atomic E-state index is 13.0. The molecule has 14 heavy (non-hydrogen) atoms. The van der Waals surface area contributed by atoms with Crippen molar-refractivity contribution in [1.82, 2.24) is 0 Å². The van der Waals surface area contributed by atoms with E-state index in [9.17, 15) is 4.39 Å². The van der Waals surface area contributed by atoms with E-state index >= 15 is 0 Å². The Labute approximate surface area is 86.3 Å². The summed E-state index contributed by atoms with van der Waals surface area (Å²) in [4.78, 5) is 3.79. The van der Waals surface area contributed by atoms with Crippen molar-refractivity contribution >= 4 is 14.5 Å². The highest BCUT2D eigenvalue weighted by atomic mass is 28.4. The van der Waals surface area contributed by atoms with E-state index in [1.54, 1.807) is 13.8 Å². The second kappa shape index (κ2) is 5.10. The molecule has 0 aromatic rings. The van der Waals surface area contributed by atoms with E-state index in [1.165, 1.54) is 0 Å². The summed E-state index contributed by atoms with van der Waals surface area (Å²) in [5, 5.41) is 0. The lowest BCUT2D eigenvalue weighted by atomic mass is 10.3. The minimum atomic E-state index is -1.67. The van der Waals surface area contributed by atoms with E-state index in [-0.39, 0.29) is 11.7 Å². The number of hydrogen-bond donors (Lipinski definition) is 0. The molecule has 0 aliphatic rings. The van der Waals surface area contributed by atoms with Gasteiger partial charge in [-0.05, 0) is 45.6 Å². The molecular weight excluding hydrogens is 197 g/mol. The predicted molar refractivity (Wildman–Crippen MR) is 61.5 cm³/mol. The van der Waals surface area contributed by atoms with Crippen LogP contribution in [0.1, 0.15) is 13.8 Å². The Balaban J connectivity index is 4.28. The monoisotopic (exact) mass is 215 g/mol. The lowest BCUT2D eigenvalue weighted by Gasteiger charge is -2.17. The molecule has 2 nitrogen and oxygen atoms in total. The van der Waals surface area contributed by atoms with Crippen molar-refractivity contribution < 1.29 is 8.82 Å². The Morgan fingerprint density at radius 2 is 1.86 bits per heavy atom.